The zero-order valence-electron chi connectivity index (χ0n) is 16.5. The molecular formula is C23H22N4O2. The molecule has 0 radical (unpaired) electrons. The van der Waals surface area contributed by atoms with Gasteiger partial charge in [-0.05, 0) is 36.6 Å². The van der Waals surface area contributed by atoms with Crippen LogP contribution in [-0.4, -0.2) is 30.0 Å². The molecule has 1 aliphatic carbocycles. The first-order valence-electron chi connectivity index (χ1n) is 9.55. The molecule has 2 aromatic heterocycles. The molecule has 0 unspecified atom stereocenters. The van der Waals surface area contributed by atoms with Crippen molar-refractivity contribution in [2.24, 2.45) is 5.92 Å². The fourth-order valence-corrected chi connectivity index (χ4v) is 3.07. The van der Waals surface area contributed by atoms with Crippen molar-refractivity contribution >= 4 is 28.3 Å². The lowest BCUT2D eigenvalue weighted by Crippen LogP contribution is -2.14. The molecule has 0 aliphatic heterocycles. The number of hydrogen-bond acceptors (Lipinski definition) is 5. The second-order valence-electron chi connectivity index (χ2n) is 7.03. The van der Waals surface area contributed by atoms with Gasteiger partial charge in [0, 0.05) is 48.8 Å². The Kier molecular flexibility index (Phi) is 5.41. The second-order valence-corrected chi connectivity index (χ2v) is 7.03. The van der Waals surface area contributed by atoms with Crippen molar-refractivity contribution in [3.05, 3.63) is 59.4 Å². The van der Waals surface area contributed by atoms with Gasteiger partial charge < -0.3 is 15.4 Å². The molecule has 0 spiro atoms. The molecule has 3 aromatic rings. The molecule has 1 saturated carbocycles. The first-order valence-corrected chi connectivity index (χ1v) is 9.55. The van der Waals surface area contributed by atoms with Gasteiger partial charge in [0.1, 0.15) is 11.6 Å². The first kappa shape index (κ1) is 18.9. The minimum absolute atomic E-state index is 0.0310. The Labute approximate surface area is 169 Å². The highest BCUT2D eigenvalue weighted by atomic mass is 16.5. The number of ether oxygens (including phenoxy) is 1. The lowest BCUT2D eigenvalue weighted by Gasteiger charge is -2.09. The summed E-state index contributed by atoms with van der Waals surface area (Å²) in [5.41, 5.74) is 2.79. The topological polar surface area (TPSA) is 76.1 Å². The highest BCUT2D eigenvalue weighted by Crippen LogP contribution is 2.31. The van der Waals surface area contributed by atoms with Gasteiger partial charge in [-0.3, -0.25) is 4.79 Å². The zero-order chi connectivity index (χ0) is 20.2. The highest BCUT2D eigenvalue weighted by Gasteiger charge is 2.29. The molecule has 1 aromatic carbocycles. The van der Waals surface area contributed by atoms with Crippen LogP contribution in [0.2, 0.25) is 0 Å². The number of amides is 1. The minimum Gasteiger partial charge on any atom is -0.380 e. The van der Waals surface area contributed by atoms with E-state index < -0.39 is 0 Å². The summed E-state index contributed by atoms with van der Waals surface area (Å²) in [6.45, 7) is 0.579. The van der Waals surface area contributed by atoms with Gasteiger partial charge >= 0.3 is 0 Å². The standard InChI is InChI=1S/C23H22N4O2/c1-24-22-20-13-25-21(27-23(28)17-9-10-17)11-19(20)18(12-26-22)8-7-15-3-5-16(6-4-15)14-29-2/h3-6,11-13,17H,9-10,14H2,1-2H3,(H,24,26)(H,25,27,28). The van der Waals surface area contributed by atoms with Crippen LogP contribution in [0.5, 0.6) is 0 Å². The summed E-state index contributed by atoms with van der Waals surface area (Å²) in [5, 5.41) is 7.74. The molecule has 2 N–H and O–H groups in total. The van der Waals surface area contributed by atoms with Crippen LogP contribution in [0.15, 0.2) is 42.7 Å². The Bertz CT molecular complexity index is 1110. The number of anilines is 2. The third kappa shape index (κ3) is 4.36. The molecule has 29 heavy (non-hydrogen) atoms. The Morgan fingerprint density at radius 2 is 1.93 bits per heavy atom. The van der Waals surface area contributed by atoms with Crippen LogP contribution in [-0.2, 0) is 16.1 Å². The van der Waals surface area contributed by atoms with Crippen LogP contribution in [0.25, 0.3) is 10.8 Å². The van der Waals surface area contributed by atoms with Crippen molar-refractivity contribution in [2.45, 2.75) is 19.4 Å². The molecule has 4 rings (SSSR count). The van der Waals surface area contributed by atoms with Gasteiger partial charge in [-0.15, -0.1) is 0 Å². The van der Waals surface area contributed by atoms with E-state index in [0.717, 1.165) is 46.1 Å². The Morgan fingerprint density at radius 1 is 1.14 bits per heavy atom. The predicted octanol–water partition coefficient (Wildman–Crippen LogP) is 3.57. The van der Waals surface area contributed by atoms with Gasteiger partial charge in [0.15, 0.2) is 0 Å². The number of rotatable bonds is 5. The van der Waals surface area contributed by atoms with Crippen LogP contribution in [0.1, 0.15) is 29.5 Å². The van der Waals surface area contributed by atoms with Gasteiger partial charge in [-0.2, -0.15) is 0 Å². The fraction of sp³-hybridized carbons (Fsp3) is 0.261. The molecule has 1 fully saturated rings. The van der Waals surface area contributed by atoms with Gasteiger partial charge in [0.2, 0.25) is 5.91 Å². The van der Waals surface area contributed by atoms with E-state index in [1.807, 2.05) is 37.4 Å². The summed E-state index contributed by atoms with van der Waals surface area (Å²) in [5.74, 6) is 7.81. The molecule has 2 heterocycles. The number of carbonyl (C=O) groups is 1. The summed E-state index contributed by atoms with van der Waals surface area (Å²) in [7, 11) is 3.49. The number of nitrogens with zero attached hydrogens (tertiary/aromatic N) is 2. The van der Waals surface area contributed by atoms with E-state index in [1.54, 1.807) is 19.5 Å². The molecule has 0 saturated heterocycles. The van der Waals surface area contributed by atoms with Crippen molar-refractivity contribution in [3.8, 4) is 11.8 Å². The largest absolute Gasteiger partial charge is 0.380 e. The summed E-state index contributed by atoms with van der Waals surface area (Å²) < 4.78 is 5.14. The number of methoxy groups -OCH3 is 1. The first-order chi connectivity index (χ1) is 14.2. The van der Waals surface area contributed by atoms with Crippen molar-refractivity contribution in [3.63, 3.8) is 0 Å². The quantitative estimate of drug-likeness (QED) is 0.656. The fourth-order valence-electron chi connectivity index (χ4n) is 3.07. The molecule has 146 valence electrons. The number of fused-ring (bicyclic) bond motifs is 1. The lowest BCUT2D eigenvalue weighted by molar-refractivity contribution is -0.117. The summed E-state index contributed by atoms with van der Waals surface area (Å²) in [6.07, 6.45) is 5.37. The average Bonchev–Trinajstić information content (AvgIpc) is 3.59. The number of hydrogen-bond donors (Lipinski definition) is 2. The molecule has 6 nitrogen and oxygen atoms in total. The van der Waals surface area contributed by atoms with Gasteiger partial charge in [-0.1, -0.05) is 24.0 Å². The maximum Gasteiger partial charge on any atom is 0.228 e. The summed E-state index contributed by atoms with van der Waals surface area (Å²) in [6, 6.07) is 9.82. The molecule has 6 heteroatoms. The third-order valence-corrected chi connectivity index (χ3v) is 4.81. The monoisotopic (exact) mass is 386 g/mol. The van der Waals surface area contributed by atoms with Crippen molar-refractivity contribution in [1.82, 2.24) is 9.97 Å². The van der Waals surface area contributed by atoms with Gasteiger partial charge in [0.05, 0.1) is 12.2 Å². The van der Waals surface area contributed by atoms with E-state index >= 15 is 0 Å². The maximum atomic E-state index is 12.1. The minimum atomic E-state index is 0.0310. The second kappa shape index (κ2) is 8.29. The van der Waals surface area contributed by atoms with E-state index in [2.05, 4.69) is 32.4 Å². The summed E-state index contributed by atoms with van der Waals surface area (Å²) in [4.78, 5) is 20.9. The van der Waals surface area contributed by atoms with Crippen LogP contribution in [0.3, 0.4) is 0 Å². The molecule has 0 atom stereocenters. The molecule has 1 amide bonds. The van der Waals surface area contributed by atoms with Crippen LogP contribution in [0.4, 0.5) is 11.6 Å². The van der Waals surface area contributed by atoms with Crippen LogP contribution in [0, 0.1) is 17.8 Å². The summed E-state index contributed by atoms with van der Waals surface area (Å²) >= 11 is 0. The Balaban J connectivity index is 1.68. The number of aromatic nitrogens is 2. The van der Waals surface area contributed by atoms with E-state index in [1.165, 1.54) is 0 Å². The van der Waals surface area contributed by atoms with E-state index in [9.17, 15) is 4.79 Å². The molecule has 1 aliphatic rings. The Hall–Kier alpha value is -3.43. The maximum absolute atomic E-state index is 12.1. The Morgan fingerprint density at radius 3 is 2.62 bits per heavy atom. The van der Waals surface area contributed by atoms with E-state index in [4.69, 9.17) is 4.74 Å². The number of carbonyl (C=O) groups excluding carboxylic acids is 1. The van der Waals surface area contributed by atoms with E-state index in [-0.39, 0.29) is 11.8 Å². The van der Waals surface area contributed by atoms with Crippen molar-refractivity contribution in [1.29, 1.82) is 0 Å². The average molecular weight is 386 g/mol. The number of pyridine rings is 2. The molecular weight excluding hydrogens is 364 g/mol. The third-order valence-electron chi connectivity index (χ3n) is 4.81. The molecule has 0 bridgehead atoms. The predicted molar refractivity (Wildman–Crippen MR) is 114 cm³/mol. The zero-order valence-corrected chi connectivity index (χ0v) is 16.5. The lowest BCUT2D eigenvalue weighted by atomic mass is 10.1. The highest BCUT2D eigenvalue weighted by molar-refractivity contribution is 5.99. The van der Waals surface area contributed by atoms with Crippen molar-refractivity contribution < 1.29 is 9.53 Å². The van der Waals surface area contributed by atoms with E-state index in [0.29, 0.717) is 12.4 Å². The van der Waals surface area contributed by atoms with Crippen LogP contribution < -0.4 is 10.6 Å². The number of nitrogens with one attached hydrogen (secondary N) is 2. The van der Waals surface area contributed by atoms with Gasteiger partial charge in [0.25, 0.3) is 0 Å². The van der Waals surface area contributed by atoms with Crippen LogP contribution >= 0.6 is 0 Å². The smallest absolute Gasteiger partial charge is 0.228 e. The van der Waals surface area contributed by atoms with Gasteiger partial charge in [-0.25, -0.2) is 9.97 Å². The van der Waals surface area contributed by atoms with Crippen molar-refractivity contribution in [2.75, 3.05) is 24.8 Å². The number of benzene rings is 1. The SMILES string of the molecule is CNc1ncc(C#Cc2ccc(COC)cc2)c2cc(NC(=O)C3CC3)ncc12. The normalized spacial score (nSPS) is 12.9.